The van der Waals surface area contributed by atoms with E-state index in [9.17, 15) is 9.59 Å². The van der Waals surface area contributed by atoms with E-state index in [0.29, 0.717) is 32.1 Å². The monoisotopic (exact) mass is 353 g/mol. The van der Waals surface area contributed by atoms with Crippen LogP contribution in [-0.4, -0.2) is 53.6 Å². The van der Waals surface area contributed by atoms with Crippen molar-refractivity contribution >= 4 is 23.8 Å². The van der Waals surface area contributed by atoms with Gasteiger partial charge < -0.3 is 15.1 Å². The lowest BCUT2D eigenvalue weighted by molar-refractivity contribution is -0.118. The summed E-state index contributed by atoms with van der Waals surface area (Å²) in [6, 6.07) is 11.2. The summed E-state index contributed by atoms with van der Waals surface area (Å²) in [6.45, 7) is 6.92. The number of hydrogen-bond donors (Lipinski definition) is 1. The summed E-state index contributed by atoms with van der Waals surface area (Å²) >= 11 is 0. The summed E-state index contributed by atoms with van der Waals surface area (Å²) in [5, 5.41) is 11.2. The average molecular weight is 353 g/mol. The van der Waals surface area contributed by atoms with Crippen LogP contribution in [0, 0.1) is 0 Å². The lowest BCUT2D eigenvalue weighted by Gasteiger charge is -2.32. The molecule has 0 aliphatic carbocycles. The van der Waals surface area contributed by atoms with E-state index in [1.165, 1.54) is 0 Å². The Hall–Kier alpha value is -2.96. The molecule has 7 nitrogen and oxygen atoms in total. The van der Waals surface area contributed by atoms with Crippen molar-refractivity contribution in [1.82, 2.24) is 15.1 Å². The van der Waals surface area contributed by atoms with Gasteiger partial charge in [0.2, 0.25) is 6.41 Å². The molecule has 1 aliphatic rings. The van der Waals surface area contributed by atoms with Crippen LogP contribution in [0.15, 0.2) is 36.4 Å². The standard InChI is InChI=1S/C19H23N5O2/c1-14(2)15-5-3-4-6-16(15)20-19(26)17-7-8-18(22-21-17)24-11-9-23(13-25)10-12-24/h3-8,13-14H,9-12H2,1-2H3,(H,20,26). The highest BCUT2D eigenvalue weighted by Gasteiger charge is 2.18. The Bertz CT molecular complexity index is 768. The van der Waals surface area contributed by atoms with Crippen molar-refractivity contribution in [2.24, 2.45) is 0 Å². The van der Waals surface area contributed by atoms with Crippen molar-refractivity contribution in [1.29, 1.82) is 0 Å². The molecule has 1 N–H and O–H groups in total. The molecule has 0 radical (unpaired) electrons. The van der Waals surface area contributed by atoms with Gasteiger partial charge in [-0.05, 0) is 29.7 Å². The number of carbonyl (C=O) groups excluding carboxylic acids is 2. The molecular formula is C19H23N5O2. The Morgan fingerprint density at radius 3 is 2.42 bits per heavy atom. The third kappa shape index (κ3) is 3.99. The fraction of sp³-hybridized carbons (Fsp3) is 0.368. The molecule has 0 unspecified atom stereocenters. The van der Waals surface area contributed by atoms with Crippen molar-refractivity contribution in [3.63, 3.8) is 0 Å². The molecular weight excluding hydrogens is 330 g/mol. The number of para-hydroxylation sites is 1. The summed E-state index contributed by atoms with van der Waals surface area (Å²) in [5.74, 6) is 0.752. The Morgan fingerprint density at radius 2 is 1.81 bits per heavy atom. The van der Waals surface area contributed by atoms with Crippen molar-refractivity contribution in [3.05, 3.63) is 47.7 Å². The summed E-state index contributed by atoms with van der Waals surface area (Å²) in [4.78, 5) is 27.1. The minimum absolute atomic E-state index is 0.275. The molecule has 1 saturated heterocycles. The van der Waals surface area contributed by atoms with Gasteiger partial charge >= 0.3 is 0 Å². The van der Waals surface area contributed by atoms with E-state index in [1.54, 1.807) is 17.0 Å². The zero-order valence-corrected chi connectivity index (χ0v) is 15.1. The van der Waals surface area contributed by atoms with Crippen LogP contribution in [0.3, 0.4) is 0 Å². The fourth-order valence-corrected chi connectivity index (χ4v) is 2.97. The maximum absolute atomic E-state index is 12.5. The summed E-state index contributed by atoms with van der Waals surface area (Å²) in [7, 11) is 0. The molecule has 1 aromatic carbocycles. The molecule has 0 bridgehead atoms. The Balaban J connectivity index is 1.67. The average Bonchev–Trinajstić information content (AvgIpc) is 2.68. The molecule has 0 atom stereocenters. The van der Waals surface area contributed by atoms with E-state index < -0.39 is 0 Å². The summed E-state index contributed by atoms with van der Waals surface area (Å²) in [6.07, 6.45) is 0.867. The number of anilines is 2. The molecule has 3 rings (SSSR count). The second-order valence-corrected chi connectivity index (χ2v) is 6.60. The second-order valence-electron chi connectivity index (χ2n) is 6.60. The zero-order valence-electron chi connectivity index (χ0n) is 15.1. The minimum Gasteiger partial charge on any atom is -0.352 e. The van der Waals surface area contributed by atoms with Gasteiger partial charge in [-0.2, -0.15) is 0 Å². The van der Waals surface area contributed by atoms with Crippen LogP contribution in [0.1, 0.15) is 35.8 Å². The predicted octanol–water partition coefficient (Wildman–Crippen LogP) is 2.13. The minimum atomic E-state index is -0.275. The first kappa shape index (κ1) is 17.8. The number of carbonyl (C=O) groups is 2. The van der Waals surface area contributed by atoms with Gasteiger partial charge in [0.25, 0.3) is 5.91 Å². The first-order chi connectivity index (χ1) is 12.6. The maximum Gasteiger partial charge on any atom is 0.276 e. The Labute approximate surface area is 153 Å². The van der Waals surface area contributed by atoms with Crippen molar-refractivity contribution < 1.29 is 9.59 Å². The number of rotatable bonds is 5. The largest absolute Gasteiger partial charge is 0.352 e. The highest BCUT2D eigenvalue weighted by molar-refractivity contribution is 6.03. The molecule has 1 aromatic heterocycles. The van der Waals surface area contributed by atoms with Crippen LogP contribution in [0.4, 0.5) is 11.5 Å². The van der Waals surface area contributed by atoms with Crippen LogP contribution in [0.2, 0.25) is 0 Å². The highest BCUT2D eigenvalue weighted by Crippen LogP contribution is 2.24. The molecule has 0 saturated carbocycles. The van der Waals surface area contributed by atoms with Gasteiger partial charge in [0.05, 0.1) is 0 Å². The number of nitrogens with one attached hydrogen (secondary N) is 1. The molecule has 1 aliphatic heterocycles. The fourth-order valence-electron chi connectivity index (χ4n) is 2.97. The molecule has 26 heavy (non-hydrogen) atoms. The number of amides is 2. The van der Waals surface area contributed by atoms with Crippen LogP contribution >= 0.6 is 0 Å². The Morgan fingerprint density at radius 1 is 1.08 bits per heavy atom. The van der Waals surface area contributed by atoms with Gasteiger partial charge in [-0.1, -0.05) is 32.0 Å². The smallest absolute Gasteiger partial charge is 0.276 e. The van der Waals surface area contributed by atoms with E-state index in [2.05, 4.69) is 34.3 Å². The topological polar surface area (TPSA) is 78.4 Å². The molecule has 2 heterocycles. The second kappa shape index (κ2) is 7.95. The lowest BCUT2D eigenvalue weighted by Crippen LogP contribution is -2.46. The van der Waals surface area contributed by atoms with E-state index in [1.807, 2.05) is 24.3 Å². The first-order valence-electron chi connectivity index (χ1n) is 8.77. The van der Waals surface area contributed by atoms with E-state index in [0.717, 1.165) is 23.5 Å². The van der Waals surface area contributed by atoms with Crippen LogP contribution in [0.25, 0.3) is 0 Å². The normalized spacial score (nSPS) is 14.4. The number of aromatic nitrogens is 2. The van der Waals surface area contributed by atoms with E-state index in [-0.39, 0.29) is 11.6 Å². The Kier molecular flexibility index (Phi) is 5.46. The summed E-state index contributed by atoms with van der Waals surface area (Å²) < 4.78 is 0. The van der Waals surface area contributed by atoms with Gasteiger partial charge in [0.1, 0.15) is 0 Å². The lowest BCUT2D eigenvalue weighted by atomic mass is 10.0. The third-order valence-electron chi connectivity index (χ3n) is 4.50. The SMILES string of the molecule is CC(C)c1ccccc1NC(=O)c1ccc(N2CCN(C=O)CC2)nn1. The zero-order chi connectivity index (χ0) is 18.5. The van der Waals surface area contributed by atoms with E-state index in [4.69, 9.17) is 0 Å². The quantitative estimate of drug-likeness (QED) is 0.833. The van der Waals surface area contributed by atoms with Gasteiger partial charge in [-0.15, -0.1) is 10.2 Å². The number of nitrogens with zero attached hydrogens (tertiary/aromatic N) is 4. The first-order valence-corrected chi connectivity index (χ1v) is 8.77. The van der Waals surface area contributed by atoms with E-state index >= 15 is 0 Å². The van der Waals surface area contributed by atoms with Gasteiger partial charge in [0, 0.05) is 31.9 Å². The van der Waals surface area contributed by atoms with Crippen LogP contribution in [0.5, 0.6) is 0 Å². The highest BCUT2D eigenvalue weighted by atomic mass is 16.2. The van der Waals surface area contributed by atoms with Crippen molar-refractivity contribution in [3.8, 4) is 0 Å². The van der Waals surface area contributed by atoms with Gasteiger partial charge in [0.15, 0.2) is 11.5 Å². The number of piperazine rings is 1. The van der Waals surface area contributed by atoms with Crippen LogP contribution < -0.4 is 10.2 Å². The molecule has 2 aromatic rings. The molecule has 7 heteroatoms. The number of hydrogen-bond acceptors (Lipinski definition) is 5. The molecule has 1 fully saturated rings. The third-order valence-corrected chi connectivity index (χ3v) is 4.50. The summed E-state index contributed by atoms with van der Waals surface area (Å²) in [5.41, 5.74) is 2.15. The maximum atomic E-state index is 12.5. The van der Waals surface area contributed by atoms with Crippen LogP contribution in [-0.2, 0) is 4.79 Å². The predicted molar refractivity (Wildman–Crippen MR) is 100 cm³/mol. The molecule has 136 valence electrons. The molecule has 2 amide bonds. The van der Waals surface area contributed by atoms with Gasteiger partial charge in [-0.25, -0.2) is 0 Å². The molecule has 0 spiro atoms. The number of benzene rings is 1. The van der Waals surface area contributed by atoms with Crippen molar-refractivity contribution in [2.45, 2.75) is 19.8 Å². The van der Waals surface area contributed by atoms with Crippen molar-refractivity contribution in [2.75, 3.05) is 36.4 Å². The van der Waals surface area contributed by atoms with Gasteiger partial charge in [-0.3, -0.25) is 9.59 Å².